The highest BCUT2D eigenvalue weighted by atomic mass is 127. The van der Waals surface area contributed by atoms with Gasteiger partial charge in [-0.1, -0.05) is 6.07 Å². The Bertz CT molecular complexity index is 414. The summed E-state index contributed by atoms with van der Waals surface area (Å²) in [5.74, 6) is 0.222. The third-order valence-electron chi connectivity index (χ3n) is 3.05. The van der Waals surface area contributed by atoms with Crippen LogP contribution in [-0.2, 0) is 9.53 Å². The molecule has 92 valence electrons. The molecule has 1 amide bonds. The van der Waals surface area contributed by atoms with E-state index in [-0.39, 0.29) is 11.8 Å². The third kappa shape index (κ3) is 3.42. The monoisotopic (exact) mass is 345 g/mol. The summed E-state index contributed by atoms with van der Waals surface area (Å²) < 4.78 is 6.40. The smallest absolute Gasteiger partial charge is 0.227 e. The number of amides is 1. The number of ether oxygens (including phenoxy) is 1. The minimum Gasteiger partial charge on any atom is -0.381 e. The summed E-state index contributed by atoms with van der Waals surface area (Å²) >= 11 is 2.25. The molecule has 1 saturated heterocycles. The normalized spacial score (nSPS) is 16.8. The first-order valence-corrected chi connectivity index (χ1v) is 6.89. The second-order valence-electron chi connectivity index (χ2n) is 4.34. The molecule has 1 N–H and O–H groups in total. The average Bonchev–Trinajstić information content (AvgIpc) is 2.35. The predicted octanol–water partition coefficient (Wildman–Crippen LogP) is 2.96. The lowest BCUT2D eigenvalue weighted by Crippen LogP contribution is -2.28. The van der Waals surface area contributed by atoms with Crippen molar-refractivity contribution in [2.24, 2.45) is 5.92 Å². The van der Waals surface area contributed by atoms with E-state index >= 15 is 0 Å². The fourth-order valence-corrected chi connectivity index (χ4v) is 2.41. The standard InChI is InChI=1S/C13H16INO2/c1-9-2-3-11(14)8-12(9)15-13(16)10-4-6-17-7-5-10/h2-3,8,10H,4-7H2,1H3,(H,15,16). The van der Waals surface area contributed by atoms with Gasteiger partial charge in [0.25, 0.3) is 0 Å². The molecular weight excluding hydrogens is 329 g/mol. The van der Waals surface area contributed by atoms with Crippen LogP contribution in [0, 0.1) is 16.4 Å². The predicted molar refractivity (Wildman–Crippen MR) is 76.1 cm³/mol. The van der Waals surface area contributed by atoms with Crippen molar-refractivity contribution < 1.29 is 9.53 Å². The van der Waals surface area contributed by atoms with E-state index in [1.165, 1.54) is 0 Å². The highest BCUT2D eigenvalue weighted by molar-refractivity contribution is 14.1. The molecule has 1 aliphatic rings. The first-order valence-electron chi connectivity index (χ1n) is 5.81. The quantitative estimate of drug-likeness (QED) is 0.837. The van der Waals surface area contributed by atoms with Gasteiger partial charge in [0.2, 0.25) is 5.91 Å². The van der Waals surface area contributed by atoms with Gasteiger partial charge in [0.05, 0.1) is 0 Å². The molecule has 0 saturated carbocycles. The number of halogens is 1. The molecule has 1 aromatic rings. The number of nitrogens with one attached hydrogen (secondary N) is 1. The van der Waals surface area contributed by atoms with Crippen LogP contribution in [0.25, 0.3) is 0 Å². The second kappa shape index (κ2) is 5.82. The molecular formula is C13H16INO2. The summed E-state index contributed by atoms with van der Waals surface area (Å²) in [5, 5.41) is 3.02. The molecule has 17 heavy (non-hydrogen) atoms. The Kier molecular flexibility index (Phi) is 4.39. The number of anilines is 1. The maximum absolute atomic E-state index is 12.1. The topological polar surface area (TPSA) is 38.3 Å². The minimum absolute atomic E-state index is 0.0982. The Morgan fingerprint density at radius 3 is 2.82 bits per heavy atom. The van der Waals surface area contributed by atoms with Crippen molar-refractivity contribution in [3.63, 3.8) is 0 Å². The third-order valence-corrected chi connectivity index (χ3v) is 3.72. The summed E-state index contributed by atoms with van der Waals surface area (Å²) in [4.78, 5) is 12.1. The number of benzene rings is 1. The van der Waals surface area contributed by atoms with Gasteiger partial charge in [-0.15, -0.1) is 0 Å². The van der Waals surface area contributed by atoms with Crippen molar-refractivity contribution in [1.29, 1.82) is 0 Å². The average molecular weight is 345 g/mol. The van der Waals surface area contributed by atoms with E-state index in [0.29, 0.717) is 13.2 Å². The highest BCUT2D eigenvalue weighted by Crippen LogP contribution is 2.21. The Morgan fingerprint density at radius 2 is 2.12 bits per heavy atom. The van der Waals surface area contributed by atoms with E-state index < -0.39 is 0 Å². The van der Waals surface area contributed by atoms with E-state index in [4.69, 9.17) is 4.74 Å². The Balaban J connectivity index is 2.04. The lowest BCUT2D eigenvalue weighted by Gasteiger charge is -2.21. The maximum atomic E-state index is 12.1. The van der Waals surface area contributed by atoms with Crippen LogP contribution in [0.4, 0.5) is 5.69 Å². The zero-order chi connectivity index (χ0) is 12.3. The minimum atomic E-state index is 0.0982. The van der Waals surface area contributed by atoms with Gasteiger partial charge in [-0.3, -0.25) is 4.79 Å². The molecule has 0 aliphatic carbocycles. The molecule has 1 heterocycles. The van der Waals surface area contributed by atoms with Crippen LogP contribution < -0.4 is 5.32 Å². The van der Waals surface area contributed by atoms with Crippen molar-refractivity contribution in [3.8, 4) is 0 Å². The summed E-state index contributed by atoms with van der Waals surface area (Å²) in [6, 6.07) is 6.08. The van der Waals surface area contributed by atoms with Crippen LogP contribution in [0.1, 0.15) is 18.4 Å². The number of hydrogen-bond acceptors (Lipinski definition) is 2. The maximum Gasteiger partial charge on any atom is 0.227 e. The summed E-state index contributed by atoms with van der Waals surface area (Å²) in [6.07, 6.45) is 1.66. The Labute approximate surface area is 115 Å². The molecule has 0 spiro atoms. The van der Waals surface area contributed by atoms with Gasteiger partial charge < -0.3 is 10.1 Å². The number of hydrogen-bond donors (Lipinski definition) is 1. The van der Waals surface area contributed by atoms with E-state index in [1.54, 1.807) is 0 Å². The van der Waals surface area contributed by atoms with Crippen LogP contribution in [0.3, 0.4) is 0 Å². The van der Waals surface area contributed by atoms with Crippen LogP contribution in [0.15, 0.2) is 18.2 Å². The van der Waals surface area contributed by atoms with Crippen molar-refractivity contribution in [3.05, 3.63) is 27.3 Å². The molecule has 0 unspecified atom stereocenters. The first kappa shape index (κ1) is 12.8. The Hall–Kier alpha value is -0.620. The van der Waals surface area contributed by atoms with E-state index in [1.807, 2.05) is 25.1 Å². The number of rotatable bonds is 2. The largest absolute Gasteiger partial charge is 0.381 e. The van der Waals surface area contributed by atoms with Crippen molar-refractivity contribution >= 4 is 34.2 Å². The van der Waals surface area contributed by atoms with Crippen LogP contribution in [0.2, 0.25) is 0 Å². The Morgan fingerprint density at radius 1 is 1.41 bits per heavy atom. The van der Waals surface area contributed by atoms with Crippen molar-refractivity contribution in [2.75, 3.05) is 18.5 Å². The molecule has 1 fully saturated rings. The number of aryl methyl sites for hydroxylation is 1. The van der Waals surface area contributed by atoms with Crippen LogP contribution in [0.5, 0.6) is 0 Å². The summed E-state index contributed by atoms with van der Waals surface area (Å²) in [5.41, 5.74) is 2.03. The van der Waals surface area contributed by atoms with Gasteiger partial charge in [0, 0.05) is 28.4 Å². The molecule has 1 aromatic carbocycles. The van der Waals surface area contributed by atoms with Crippen molar-refractivity contribution in [2.45, 2.75) is 19.8 Å². The van der Waals surface area contributed by atoms with E-state index in [2.05, 4.69) is 27.9 Å². The van der Waals surface area contributed by atoms with Gasteiger partial charge in [-0.05, 0) is 60.1 Å². The molecule has 4 heteroatoms. The van der Waals surface area contributed by atoms with Crippen LogP contribution in [-0.4, -0.2) is 19.1 Å². The lowest BCUT2D eigenvalue weighted by molar-refractivity contribution is -0.122. The van der Waals surface area contributed by atoms with Crippen molar-refractivity contribution in [1.82, 2.24) is 0 Å². The SMILES string of the molecule is Cc1ccc(I)cc1NC(=O)C1CCOCC1. The molecule has 0 bridgehead atoms. The fraction of sp³-hybridized carbons (Fsp3) is 0.462. The second-order valence-corrected chi connectivity index (χ2v) is 5.58. The molecule has 3 nitrogen and oxygen atoms in total. The van der Waals surface area contributed by atoms with Gasteiger partial charge in [0.15, 0.2) is 0 Å². The number of carbonyl (C=O) groups is 1. The molecule has 0 aromatic heterocycles. The molecule has 2 rings (SSSR count). The lowest BCUT2D eigenvalue weighted by atomic mass is 9.99. The zero-order valence-electron chi connectivity index (χ0n) is 9.83. The van der Waals surface area contributed by atoms with Gasteiger partial charge in [-0.25, -0.2) is 0 Å². The number of carbonyl (C=O) groups excluding carboxylic acids is 1. The molecule has 0 atom stereocenters. The highest BCUT2D eigenvalue weighted by Gasteiger charge is 2.21. The van der Waals surface area contributed by atoms with Gasteiger partial charge in [0.1, 0.15) is 0 Å². The first-order chi connectivity index (χ1) is 8.16. The van der Waals surface area contributed by atoms with E-state index in [0.717, 1.165) is 27.7 Å². The summed E-state index contributed by atoms with van der Waals surface area (Å²) in [7, 11) is 0. The summed E-state index contributed by atoms with van der Waals surface area (Å²) in [6.45, 7) is 3.41. The van der Waals surface area contributed by atoms with Crippen LogP contribution >= 0.6 is 22.6 Å². The van der Waals surface area contributed by atoms with E-state index in [9.17, 15) is 4.79 Å². The molecule has 0 radical (unpaired) electrons. The molecule has 1 aliphatic heterocycles. The zero-order valence-corrected chi connectivity index (χ0v) is 12.0. The fourth-order valence-electron chi connectivity index (χ4n) is 1.92. The van der Waals surface area contributed by atoms with Gasteiger partial charge in [-0.2, -0.15) is 0 Å². The van der Waals surface area contributed by atoms with Gasteiger partial charge >= 0.3 is 0 Å².